The van der Waals surface area contributed by atoms with Crippen molar-refractivity contribution in [3.8, 4) is 11.3 Å². The quantitative estimate of drug-likeness (QED) is 0.112. The zero-order valence-corrected chi connectivity index (χ0v) is 29.9. The van der Waals surface area contributed by atoms with E-state index in [1.54, 1.807) is 6.20 Å². The monoisotopic (exact) mass is 711 g/mol. The maximum atomic E-state index is 7.04. The standard InChI is InChI=1S/C44H42ClN3O4/c1-31-42(50-28-33-16-8-3-9-17-33)40(30-49-27-32-14-6-2-7-15-32)52-44(43(31)51-29-34-18-10-4-11-19-34)36-22-23-38(45)37(24-36)25-41-47-39(26-46-48-41)35-20-12-5-13-21-35/h2-24,26,31,40,42-44H,25,27-30H2,1H3. The van der Waals surface area contributed by atoms with Crippen LogP contribution in [0, 0.1) is 5.92 Å². The van der Waals surface area contributed by atoms with Crippen LogP contribution >= 0.6 is 11.6 Å². The summed E-state index contributed by atoms with van der Waals surface area (Å²) in [5.74, 6) is 0.530. The third kappa shape index (κ3) is 9.17. The van der Waals surface area contributed by atoms with Crippen LogP contribution < -0.4 is 0 Å². The fraction of sp³-hybridized carbons (Fsp3) is 0.250. The number of hydrogen-bond acceptors (Lipinski definition) is 7. The molecule has 264 valence electrons. The third-order valence-corrected chi connectivity index (χ3v) is 9.77. The molecule has 0 spiro atoms. The number of hydrogen-bond donors (Lipinski definition) is 0. The molecule has 0 aliphatic carbocycles. The van der Waals surface area contributed by atoms with Gasteiger partial charge in [-0.25, -0.2) is 4.98 Å². The molecule has 0 N–H and O–H groups in total. The van der Waals surface area contributed by atoms with Gasteiger partial charge in [-0.05, 0) is 33.9 Å². The van der Waals surface area contributed by atoms with Gasteiger partial charge in [0.25, 0.3) is 0 Å². The first-order valence-electron chi connectivity index (χ1n) is 17.7. The molecule has 5 aromatic carbocycles. The van der Waals surface area contributed by atoms with E-state index in [4.69, 9.17) is 35.5 Å². The van der Waals surface area contributed by atoms with Crippen molar-refractivity contribution in [3.05, 3.63) is 184 Å². The van der Waals surface area contributed by atoms with E-state index in [0.717, 1.165) is 39.1 Å². The minimum Gasteiger partial charge on any atom is -0.374 e. The Kier molecular flexibility index (Phi) is 12.1. The summed E-state index contributed by atoms with van der Waals surface area (Å²) < 4.78 is 26.9. The molecule has 2 heterocycles. The highest BCUT2D eigenvalue weighted by Gasteiger charge is 2.46. The molecule has 1 aliphatic rings. The van der Waals surface area contributed by atoms with E-state index >= 15 is 0 Å². The molecular formula is C44H42ClN3O4. The average molecular weight is 712 g/mol. The van der Waals surface area contributed by atoms with E-state index in [9.17, 15) is 0 Å². The Bertz CT molecular complexity index is 1980. The Hall–Kier alpha value is -4.76. The van der Waals surface area contributed by atoms with E-state index in [0.29, 0.717) is 43.7 Å². The predicted octanol–water partition coefficient (Wildman–Crippen LogP) is 9.25. The summed E-state index contributed by atoms with van der Waals surface area (Å²) in [4.78, 5) is 4.82. The van der Waals surface area contributed by atoms with Gasteiger partial charge in [0.2, 0.25) is 0 Å². The van der Waals surface area contributed by atoms with Crippen LogP contribution in [0.2, 0.25) is 5.02 Å². The van der Waals surface area contributed by atoms with Crippen LogP contribution in [0.3, 0.4) is 0 Å². The van der Waals surface area contributed by atoms with E-state index < -0.39 is 6.10 Å². The summed E-state index contributed by atoms with van der Waals surface area (Å²) in [7, 11) is 0. The van der Waals surface area contributed by atoms with Crippen molar-refractivity contribution < 1.29 is 18.9 Å². The second-order valence-corrected chi connectivity index (χ2v) is 13.5. The van der Waals surface area contributed by atoms with Crippen molar-refractivity contribution in [1.82, 2.24) is 15.2 Å². The SMILES string of the molecule is CC1C(OCc2ccccc2)C(COCc2ccccc2)OC(c2ccc(Cl)c(Cc3nncc(-c4ccccc4)n3)c2)C1OCc1ccccc1. The van der Waals surface area contributed by atoms with Gasteiger partial charge in [0.15, 0.2) is 5.82 Å². The summed E-state index contributed by atoms with van der Waals surface area (Å²) in [6.07, 6.45) is 0.674. The normalized spacial score (nSPS) is 20.1. The molecule has 0 saturated carbocycles. The molecule has 0 bridgehead atoms. The Balaban J connectivity index is 1.18. The third-order valence-electron chi connectivity index (χ3n) is 9.41. The topological polar surface area (TPSA) is 75.6 Å². The van der Waals surface area contributed by atoms with Crippen molar-refractivity contribution in [2.75, 3.05) is 6.61 Å². The van der Waals surface area contributed by atoms with Gasteiger partial charge in [-0.2, -0.15) is 5.10 Å². The smallest absolute Gasteiger partial charge is 0.156 e. The highest BCUT2D eigenvalue weighted by molar-refractivity contribution is 6.31. The van der Waals surface area contributed by atoms with Crippen LogP contribution in [0.5, 0.6) is 0 Å². The van der Waals surface area contributed by atoms with Crippen molar-refractivity contribution in [1.29, 1.82) is 0 Å². The van der Waals surface area contributed by atoms with Crippen LogP contribution in [-0.4, -0.2) is 40.1 Å². The molecule has 6 aromatic rings. The Morgan fingerprint density at radius 3 is 1.88 bits per heavy atom. The molecule has 0 amide bonds. The van der Waals surface area contributed by atoms with Crippen LogP contribution in [-0.2, 0) is 45.2 Å². The lowest BCUT2D eigenvalue weighted by Crippen LogP contribution is -2.53. The van der Waals surface area contributed by atoms with Crippen molar-refractivity contribution in [2.45, 2.75) is 57.6 Å². The minimum absolute atomic E-state index is 0.0503. The summed E-state index contributed by atoms with van der Waals surface area (Å²) in [5, 5.41) is 9.23. The van der Waals surface area contributed by atoms with Gasteiger partial charge < -0.3 is 18.9 Å². The molecule has 5 atom stereocenters. The first kappa shape index (κ1) is 35.6. The summed E-state index contributed by atoms with van der Waals surface area (Å²) >= 11 is 6.84. The number of halogens is 1. The predicted molar refractivity (Wildman–Crippen MR) is 202 cm³/mol. The molecule has 1 aliphatic heterocycles. The van der Waals surface area contributed by atoms with E-state index in [2.05, 4.69) is 59.6 Å². The molecule has 8 heteroatoms. The minimum atomic E-state index is -0.425. The number of nitrogens with zero attached hydrogens (tertiary/aromatic N) is 3. The summed E-state index contributed by atoms with van der Waals surface area (Å²) in [6.45, 7) is 3.90. The lowest BCUT2D eigenvalue weighted by Gasteiger charge is -2.46. The van der Waals surface area contributed by atoms with Crippen LogP contribution in [0.15, 0.2) is 146 Å². The van der Waals surface area contributed by atoms with Crippen molar-refractivity contribution >= 4 is 11.6 Å². The molecule has 1 aromatic heterocycles. The van der Waals surface area contributed by atoms with Gasteiger partial charge in [-0.1, -0.05) is 152 Å². The van der Waals surface area contributed by atoms with E-state index in [1.807, 2.05) is 97.1 Å². The second kappa shape index (κ2) is 17.6. The van der Waals surface area contributed by atoms with Crippen LogP contribution in [0.1, 0.15) is 46.7 Å². The Morgan fingerprint density at radius 2 is 1.25 bits per heavy atom. The molecular weight excluding hydrogens is 670 g/mol. The number of benzene rings is 5. The average Bonchev–Trinajstić information content (AvgIpc) is 3.19. The van der Waals surface area contributed by atoms with Crippen molar-refractivity contribution in [2.24, 2.45) is 5.92 Å². The van der Waals surface area contributed by atoms with Gasteiger partial charge in [-0.3, -0.25) is 0 Å². The maximum absolute atomic E-state index is 7.04. The van der Waals surface area contributed by atoms with Gasteiger partial charge in [0, 0.05) is 22.9 Å². The fourth-order valence-corrected chi connectivity index (χ4v) is 6.87. The summed E-state index contributed by atoms with van der Waals surface area (Å²) in [5.41, 5.74) is 6.85. The molecule has 7 nitrogen and oxygen atoms in total. The maximum Gasteiger partial charge on any atom is 0.156 e. The molecule has 1 fully saturated rings. The van der Waals surface area contributed by atoms with Gasteiger partial charge in [-0.15, -0.1) is 5.10 Å². The lowest BCUT2D eigenvalue weighted by atomic mass is 9.84. The van der Waals surface area contributed by atoms with E-state index in [1.165, 1.54) is 0 Å². The Labute approximate surface area is 310 Å². The zero-order valence-electron chi connectivity index (χ0n) is 29.1. The van der Waals surface area contributed by atoms with Crippen molar-refractivity contribution in [3.63, 3.8) is 0 Å². The molecule has 7 rings (SSSR count). The number of aromatic nitrogens is 3. The first-order chi connectivity index (χ1) is 25.6. The zero-order chi connectivity index (χ0) is 35.5. The van der Waals surface area contributed by atoms with Gasteiger partial charge in [0.05, 0.1) is 50.5 Å². The highest BCUT2D eigenvalue weighted by Crippen LogP contribution is 2.41. The Morgan fingerprint density at radius 1 is 0.673 bits per heavy atom. The van der Waals surface area contributed by atoms with Crippen LogP contribution in [0.4, 0.5) is 0 Å². The molecule has 52 heavy (non-hydrogen) atoms. The molecule has 5 unspecified atom stereocenters. The fourth-order valence-electron chi connectivity index (χ4n) is 6.69. The lowest BCUT2D eigenvalue weighted by molar-refractivity contribution is -0.242. The highest BCUT2D eigenvalue weighted by atomic mass is 35.5. The first-order valence-corrected chi connectivity index (χ1v) is 18.1. The van der Waals surface area contributed by atoms with E-state index in [-0.39, 0.29) is 24.2 Å². The summed E-state index contributed by atoms with van der Waals surface area (Å²) in [6, 6.07) is 46.6. The number of ether oxygens (including phenoxy) is 4. The second-order valence-electron chi connectivity index (χ2n) is 13.1. The number of rotatable bonds is 14. The van der Waals surface area contributed by atoms with Crippen LogP contribution in [0.25, 0.3) is 11.3 Å². The molecule has 1 saturated heterocycles. The van der Waals surface area contributed by atoms with Gasteiger partial charge >= 0.3 is 0 Å². The van der Waals surface area contributed by atoms with Gasteiger partial charge in [0.1, 0.15) is 12.2 Å². The largest absolute Gasteiger partial charge is 0.374 e. The molecule has 0 radical (unpaired) electrons.